The summed E-state index contributed by atoms with van der Waals surface area (Å²) >= 11 is 3.21. The monoisotopic (exact) mass is 427 g/mol. The molecule has 9 heteroatoms. The van der Waals surface area contributed by atoms with Crippen molar-refractivity contribution in [2.75, 3.05) is 12.0 Å². The van der Waals surface area contributed by atoms with Gasteiger partial charge in [-0.25, -0.2) is 4.98 Å². The summed E-state index contributed by atoms with van der Waals surface area (Å²) in [5.74, 6) is 3.13. The van der Waals surface area contributed by atoms with E-state index in [0.29, 0.717) is 0 Å². The predicted molar refractivity (Wildman–Crippen MR) is 115 cm³/mol. The fourth-order valence-corrected chi connectivity index (χ4v) is 4.31. The number of nitrogens with zero attached hydrogens (tertiary/aromatic N) is 4. The number of nitrogens with one attached hydrogen (secondary N) is 1. The number of pyridine rings is 1. The molecule has 0 fully saturated rings. The first-order valence-corrected chi connectivity index (χ1v) is 11.5. The van der Waals surface area contributed by atoms with Gasteiger partial charge in [-0.2, -0.15) is 11.8 Å². The maximum Gasteiger partial charge on any atom is 0.226 e. The third-order valence-electron chi connectivity index (χ3n) is 4.44. The third-order valence-corrected chi connectivity index (χ3v) is 5.99. The molecule has 29 heavy (non-hydrogen) atoms. The molecule has 0 saturated carbocycles. The Balaban J connectivity index is 1.48. The van der Waals surface area contributed by atoms with Crippen LogP contribution < -0.4 is 5.32 Å². The Morgan fingerprint density at radius 3 is 3.00 bits per heavy atom. The molecular formula is C20H21N5O2S2. The molecule has 0 aromatic carbocycles. The Bertz CT molecular complexity index is 1120. The standard InChI is InChI=1S/C20H21N5O2S2/c1-13-6-7-16(27-13)20-21-14(12-29-20)11-18(26)22-15(8-10-28-2)19-24-23-17-5-3-4-9-25(17)19/h3-7,9,12,15H,8,10-11H2,1-2H3,(H,22,26). The van der Waals surface area contributed by atoms with Crippen molar-refractivity contribution in [1.29, 1.82) is 0 Å². The highest BCUT2D eigenvalue weighted by atomic mass is 32.2. The van der Waals surface area contributed by atoms with Gasteiger partial charge < -0.3 is 9.73 Å². The molecule has 4 heterocycles. The van der Waals surface area contributed by atoms with E-state index in [1.807, 2.05) is 59.5 Å². The highest BCUT2D eigenvalue weighted by molar-refractivity contribution is 7.98. The van der Waals surface area contributed by atoms with E-state index in [2.05, 4.69) is 20.5 Å². The largest absolute Gasteiger partial charge is 0.459 e. The minimum atomic E-state index is -0.210. The molecule has 0 aliphatic carbocycles. The Kier molecular flexibility index (Phi) is 5.96. The van der Waals surface area contributed by atoms with Crippen molar-refractivity contribution in [3.05, 3.63) is 59.2 Å². The summed E-state index contributed by atoms with van der Waals surface area (Å²) in [5.41, 5.74) is 1.50. The fraction of sp³-hybridized carbons (Fsp3) is 0.300. The number of carbonyl (C=O) groups excluding carboxylic acids is 1. The normalized spacial score (nSPS) is 12.3. The van der Waals surface area contributed by atoms with Crippen molar-refractivity contribution < 1.29 is 9.21 Å². The van der Waals surface area contributed by atoms with Gasteiger partial charge in [-0.3, -0.25) is 9.20 Å². The summed E-state index contributed by atoms with van der Waals surface area (Å²) < 4.78 is 7.54. The molecule has 0 aliphatic rings. The SMILES string of the molecule is CSCCC(NC(=O)Cc1csc(-c2ccc(C)o2)n1)c1nnc2ccccn12. The number of aromatic nitrogens is 4. The van der Waals surface area contributed by atoms with Crippen LogP contribution in [0.1, 0.15) is 29.7 Å². The van der Waals surface area contributed by atoms with Crippen LogP contribution in [0.2, 0.25) is 0 Å². The summed E-state index contributed by atoms with van der Waals surface area (Å²) in [7, 11) is 0. The van der Waals surface area contributed by atoms with Crippen molar-refractivity contribution in [2.45, 2.75) is 25.8 Å². The average molecular weight is 428 g/mol. The quantitative estimate of drug-likeness (QED) is 0.459. The summed E-state index contributed by atoms with van der Waals surface area (Å²) in [6.45, 7) is 1.90. The van der Waals surface area contributed by atoms with E-state index < -0.39 is 0 Å². The highest BCUT2D eigenvalue weighted by Crippen LogP contribution is 2.26. The lowest BCUT2D eigenvalue weighted by molar-refractivity contribution is -0.121. The molecule has 0 radical (unpaired) electrons. The first kappa shape index (κ1) is 19.7. The predicted octanol–water partition coefficient (Wildman–Crippen LogP) is 3.91. The van der Waals surface area contributed by atoms with Gasteiger partial charge in [0.1, 0.15) is 5.76 Å². The Morgan fingerprint density at radius 1 is 1.31 bits per heavy atom. The smallest absolute Gasteiger partial charge is 0.226 e. The van der Waals surface area contributed by atoms with E-state index in [-0.39, 0.29) is 18.4 Å². The topological polar surface area (TPSA) is 85.3 Å². The van der Waals surface area contributed by atoms with Crippen molar-refractivity contribution in [3.63, 3.8) is 0 Å². The Labute approximate surface area is 176 Å². The molecule has 1 N–H and O–H groups in total. The number of fused-ring (bicyclic) bond motifs is 1. The maximum absolute atomic E-state index is 12.7. The molecule has 0 saturated heterocycles. The van der Waals surface area contributed by atoms with Crippen molar-refractivity contribution >= 4 is 34.7 Å². The summed E-state index contributed by atoms with van der Waals surface area (Å²) in [4.78, 5) is 17.3. The summed E-state index contributed by atoms with van der Waals surface area (Å²) in [6, 6.07) is 9.34. The lowest BCUT2D eigenvalue weighted by Gasteiger charge is -2.16. The van der Waals surface area contributed by atoms with Gasteiger partial charge in [0.15, 0.2) is 22.2 Å². The van der Waals surface area contributed by atoms with Gasteiger partial charge in [-0.05, 0) is 49.6 Å². The first-order chi connectivity index (χ1) is 14.1. The van der Waals surface area contributed by atoms with E-state index >= 15 is 0 Å². The zero-order valence-electron chi connectivity index (χ0n) is 16.2. The summed E-state index contributed by atoms with van der Waals surface area (Å²) in [6.07, 6.45) is 4.95. The zero-order chi connectivity index (χ0) is 20.2. The van der Waals surface area contributed by atoms with Gasteiger partial charge in [0.05, 0.1) is 18.2 Å². The Morgan fingerprint density at radius 2 is 2.21 bits per heavy atom. The van der Waals surface area contributed by atoms with Crippen LogP contribution in [0.15, 0.2) is 46.3 Å². The first-order valence-electron chi connectivity index (χ1n) is 9.23. The zero-order valence-corrected chi connectivity index (χ0v) is 17.8. The molecule has 150 valence electrons. The van der Waals surface area contributed by atoms with Crippen LogP contribution in [0, 0.1) is 6.92 Å². The second kappa shape index (κ2) is 8.79. The summed E-state index contributed by atoms with van der Waals surface area (Å²) in [5, 5.41) is 14.3. The van der Waals surface area contributed by atoms with Gasteiger partial charge in [0.2, 0.25) is 5.91 Å². The number of thiazole rings is 1. The van der Waals surface area contributed by atoms with Crippen molar-refractivity contribution in [2.24, 2.45) is 0 Å². The number of thioether (sulfide) groups is 1. The molecule has 0 bridgehead atoms. The molecule has 4 aromatic heterocycles. The number of aryl methyl sites for hydroxylation is 1. The van der Waals surface area contributed by atoms with Gasteiger partial charge in [0.25, 0.3) is 0 Å². The molecule has 4 aromatic rings. The van der Waals surface area contributed by atoms with E-state index in [9.17, 15) is 4.79 Å². The minimum absolute atomic E-state index is 0.0868. The lowest BCUT2D eigenvalue weighted by atomic mass is 10.2. The van der Waals surface area contributed by atoms with Gasteiger partial charge in [-0.1, -0.05) is 6.07 Å². The van der Waals surface area contributed by atoms with Gasteiger partial charge >= 0.3 is 0 Å². The van der Waals surface area contributed by atoms with E-state index in [0.717, 1.165) is 45.9 Å². The van der Waals surface area contributed by atoms with Crippen LogP contribution in [0.3, 0.4) is 0 Å². The van der Waals surface area contributed by atoms with Crippen LogP contribution in [0.5, 0.6) is 0 Å². The number of amides is 1. The maximum atomic E-state index is 12.7. The molecule has 7 nitrogen and oxygen atoms in total. The highest BCUT2D eigenvalue weighted by Gasteiger charge is 2.21. The van der Waals surface area contributed by atoms with Crippen LogP contribution in [0.25, 0.3) is 16.4 Å². The third kappa shape index (κ3) is 4.51. The number of carbonyl (C=O) groups is 1. The number of rotatable bonds is 8. The second-order valence-electron chi connectivity index (χ2n) is 6.62. The minimum Gasteiger partial charge on any atom is -0.459 e. The van der Waals surface area contributed by atoms with E-state index in [1.165, 1.54) is 11.3 Å². The van der Waals surface area contributed by atoms with E-state index in [1.54, 1.807) is 11.8 Å². The van der Waals surface area contributed by atoms with Gasteiger partial charge in [0, 0.05) is 11.6 Å². The van der Waals surface area contributed by atoms with Crippen molar-refractivity contribution in [3.8, 4) is 10.8 Å². The molecule has 4 rings (SSSR count). The molecule has 1 unspecified atom stereocenters. The fourth-order valence-electron chi connectivity index (χ4n) is 3.06. The second-order valence-corrected chi connectivity index (χ2v) is 8.46. The van der Waals surface area contributed by atoms with Crippen LogP contribution in [-0.4, -0.2) is 37.5 Å². The van der Waals surface area contributed by atoms with E-state index in [4.69, 9.17) is 4.42 Å². The van der Waals surface area contributed by atoms with Gasteiger partial charge in [-0.15, -0.1) is 21.5 Å². The van der Waals surface area contributed by atoms with Crippen LogP contribution in [0.4, 0.5) is 0 Å². The Hall–Kier alpha value is -2.65. The molecular weight excluding hydrogens is 406 g/mol. The molecule has 0 aliphatic heterocycles. The number of hydrogen-bond acceptors (Lipinski definition) is 7. The molecule has 0 spiro atoms. The lowest BCUT2D eigenvalue weighted by Crippen LogP contribution is -2.31. The van der Waals surface area contributed by atoms with Crippen LogP contribution in [-0.2, 0) is 11.2 Å². The average Bonchev–Trinajstić information content (AvgIpc) is 3.44. The van der Waals surface area contributed by atoms with Crippen LogP contribution >= 0.6 is 23.1 Å². The molecule has 1 atom stereocenters. The number of furan rings is 1. The molecule has 1 amide bonds. The van der Waals surface area contributed by atoms with Crippen molar-refractivity contribution in [1.82, 2.24) is 24.9 Å². The number of hydrogen-bond donors (Lipinski definition) is 1.